The fraction of sp³-hybridized carbons (Fsp3) is 0.364. The first-order valence-electron chi connectivity index (χ1n) is 5.26. The van der Waals surface area contributed by atoms with E-state index >= 15 is 0 Å². The summed E-state index contributed by atoms with van der Waals surface area (Å²) in [5, 5.41) is 0. The number of benzene rings is 1. The summed E-state index contributed by atoms with van der Waals surface area (Å²) in [6.45, 7) is 2.49. The van der Waals surface area contributed by atoms with Crippen LogP contribution in [0.2, 0.25) is 0 Å². The number of hydrogen-bond acceptors (Lipinski definition) is 4. The van der Waals surface area contributed by atoms with Crippen LogP contribution < -0.4 is 9.46 Å². The third kappa shape index (κ3) is 4.16. The maximum atomic E-state index is 11.7. The van der Waals surface area contributed by atoms with Gasteiger partial charge in [0, 0.05) is 13.0 Å². The molecule has 0 bridgehead atoms. The van der Waals surface area contributed by atoms with Crippen molar-refractivity contribution in [1.82, 2.24) is 4.72 Å². The number of aldehydes is 1. The SMILES string of the molecule is CCOc1ccc(S(=O)(=O)NCCC=O)cc1. The van der Waals surface area contributed by atoms with Crippen LogP contribution >= 0.6 is 0 Å². The molecule has 0 radical (unpaired) electrons. The second-order valence-electron chi connectivity index (χ2n) is 3.26. The van der Waals surface area contributed by atoms with E-state index in [0.717, 1.165) is 0 Å². The van der Waals surface area contributed by atoms with Gasteiger partial charge in [-0.2, -0.15) is 0 Å². The molecule has 0 aromatic heterocycles. The Bertz CT molecular complexity index is 453. The molecule has 0 heterocycles. The molecule has 0 saturated heterocycles. The van der Waals surface area contributed by atoms with Crippen molar-refractivity contribution in [3.8, 4) is 5.75 Å². The molecular weight excluding hydrogens is 242 g/mol. The lowest BCUT2D eigenvalue weighted by Crippen LogP contribution is -2.24. The van der Waals surface area contributed by atoms with Gasteiger partial charge in [0.25, 0.3) is 0 Å². The van der Waals surface area contributed by atoms with E-state index in [0.29, 0.717) is 18.6 Å². The molecule has 0 aliphatic heterocycles. The van der Waals surface area contributed by atoms with Crippen molar-refractivity contribution in [2.75, 3.05) is 13.2 Å². The average Bonchev–Trinajstić information content (AvgIpc) is 2.30. The lowest BCUT2D eigenvalue weighted by atomic mass is 10.3. The fourth-order valence-corrected chi connectivity index (χ4v) is 2.26. The summed E-state index contributed by atoms with van der Waals surface area (Å²) in [5.74, 6) is 0.624. The van der Waals surface area contributed by atoms with Crippen LogP contribution in [-0.2, 0) is 14.8 Å². The number of sulfonamides is 1. The van der Waals surface area contributed by atoms with Gasteiger partial charge in [0.05, 0.1) is 11.5 Å². The molecule has 0 atom stereocenters. The van der Waals surface area contributed by atoms with Crippen molar-refractivity contribution < 1.29 is 17.9 Å². The van der Waals surface area contributed by atoms with Gasteiger partial charge in [-0.05, 0) is 31.2 Å². The first-order chi connectivity index (χ1) is 8.10. The van der Waals surface area contributed by atoms with Gasteiger partial charge in [-0.25, -0.2) is 13.1 Å². The summed E-state index contributed by atoms with van der Waals surface area (Å²) in [6.07, 6.45) is 0.830. The Morgan fingerprint density at radius 1 is 1.29 bits per heavy atom. The Balaban J connectivity index is 2.74. The van der Waals surface area contributed by atoms with E-state index in [9.17, 15) is 13.2 Å². The van der Waals surface area contributed by atoms with Crippen molar-refractivity contribution >= 4 is 16.3 Å². The van der Waals surface area contributed by atoms with Crippen molar-refractivity contribution in [3.63, 3.8) is 0 Å². The van der Waals surface area contributed by atoms with E-state index in [-0.39, 0.29) is 17.9 Å². The van der Waals surface area contributed by atoms with E-state index in [1.807, 2.05) is 6.92 Å². The van der Waals surface area contributed by atoms with Crippen molar-refractivity contribution in [3.05, 3.63) is 24.3 Å². The number of rotatable bonds is 7. The van der Waals surface area contributed by atoms with Crippen LogP contribution in [0.3, 0.4) is 0 Å². The molecule has 6 heteroatoms. The number of carbonyl (C=O) groups is 1. The highest BCUT2D eigenvalue weighted by molar-refractivity contribution is 7.89. The first-order valence-corrected chi connectivity index (χ1v) is 6.74. The molecular formula is C11H15NO4S. The minimum Gasteiger partial charge on any atom is -0.494 e. The van der Waals surface area contributed by atoms with E-state index in [2.05, 4.69) is 4.72 Å². The maximum Gasteiger partial charge on any atom is 0.240 e. The van der Waals surface area contributed by atoms with Crippen molar-refractivity contribution in [2.45, 2.75) is 18.2 Å². The third-order valence-corrected chi connectivity index (χ3v) is 3.48. The Labute approximate surface area is 101 Å². The standard InChI is InChI=1S/C11H15NO4S/c1-2-16-10-4-6-11(7-5-10)17(14,15)12-8-3-9-13/h4-7,9,12H,2-3,8H2,1H3. The molecule has 1 aromatic carbocycles. The molecule has 0 aliphatic rings. The van der Waals surface area contributed by atoms with E-state index < -0.39 is 10.0 Å². The zero-order valence-electron chi connectivity index (χ0n) is 9.55. The lowest BCUT2D eigenvalue weighted by molar-refractivity contribution is -0.107. The van der Waals surface area contributed by atoms with Crippen LogP contribution in [0.5, 0.6) is 5.75 Å². The van der Waals surface area contributed by atoms with Gasteiger partial charge in [-0.1, -0.05) is 0 Å². The molecule has 0 unspecified atom stereocenters. The third-order valence-electron chi connectivity index (χ3n) is 2.00. The van der Waals surface area contributed by atoms with Crippen LogP contribution in [0.1, 0.15) is 13.3 Å². The van der Waals surface area contributed by atoms with Gasteiger partial charge in [0.15, 0.2) is 0 Å². The number of nitrogens with one attached hydrogen (secondary N) is 1. The number of carbonyl (C=O) groups excluding carboxylic acids is 1. The molecule has 0 saturated carbocycles. The van der Waals surface area contributed by atoms with Gasteiger partial charge in [0.2, 0.25) is 10.0 Å². The van der Waals surface area contributed by atoms with Gasteiger partial charge >= 0.3 is 0 Å². The summed E-state index contributed by atoms with van der Waals surface area (Å²) >= 11 is 0. The topological polar surface area (TPSA) is 72.5 Å². The van der Waals surface area contributed by atoms with Crippen LogP contribution in [-0.4, -0.2) is 27.9 Å². The van der Waals surface area contributed by atoms with Gasteiger partial charge in [0.1, 0.15) is 12.0 Å². The second kappa shape index (κ2) is 6.36. The minimum atomic E-state index is -3.53. The summed E-state index contributed by atoms with van der Waals surface area (Å²) < 4.78 is 31.0. The van der Waals surface area contributed by atoms with E-state index in [1.165, 1.54) is 12.1 Å². The Hall–Kier alpha value is -1.40. The highest BCUT2D eigenvalue weighted by atomic mass is 32.2. The predicted molar refractivity (Wildman–Crippen MR) is 63.5 cm³/mol. The zero-order valence-corrected chi connectivity index (χ0v) is 10.4. The van der Waals surface area contributed by atoms with Crippen molar-refractivity contribution in [1.29, 1.82) is 0 Å². The summed E-state index contributed by atoms with van der Waals surface area (Å²) in [5.41, 5.74) is 0. The van der Waals surface area contributed by atoms with Gasteiger partial charge < -0.3 is 9.53 Å². The molecule has 1 N–H and O–H groups in total. The quantitative estimate of drug-likeness (QED) is 0.583. The molecule has 1 rings (SSSR count). The Morgan fingerprint density at radius 2 is 1.94 bits per heavy atom. The number of hydrogen-bond donors (Lipinski definition) is 1. The Kier molecular flexibility index (Phi) is 5.11. The maximum absolute atomic E-state index is 11.7. The minimum absolute atomic E-state index is 0.110. The van der Waals surface area contributed by atoms with Crippen molar-refractivity contribution in [2.24, 2.45) is 0 Å². The van der Waals surface area contributed by atoms with Gasteiger partial charge in [-0.15, -0.1) is 0 Å². The predicted octanol–water partition coefficient (Wildman–Crippen LogP) is 0.953. The molecule has 0 spiro atoms. The molecule has 5 nitrogen and oxygen atoms in total. The highest BCUT2D eigenvalue weighted by Gasteiger charge is 2.12. The summed E-state index contributed by atoms with van der Waals surface area (Å²) in [4.78, 5) is 10.3. The summed E-state index contributed by atoms with van der Waals surface area (Å²) in [7, 11) is -3.53. The fourth-order valence-electron chi connectivity index (χ4n) is 1.22. The smallest absolute Gasteiger partial charge is 0.240 e. The summed E-state index contributed by atoms with van der Waals surface area (Å²) in [6, 6.07) is 6.12. The molecule has 1 aromatic rings. The largest absolute Gasteiger partial charge is 0.494 e. The second-order valence-corrected chi connectivity index (χ2v) is 5.02. The monoisotopic (exact) mass is 257 g/mol. The first kappa shape index (κ1) is 13.7. The van der Waals surface area contributed by atoms with Crippen LogP contribution in [0.4, 0.5) is 0 Å². The van der Waals surface area contributed by atoms with Gasteiger partial charge in [-0.3, -0.25) is 0 Å². The Morgan fingerprint density at radius 3 is 2.47 bits per heavy atom. The highest BCUT2D eigenvalue weighted by Crippen LogP contribution is 2.15. The van der Waals surface area contributed by atoms with E-state index in [4.69, 9.17) is 4.74 Å². The lowest BCUT2D eigenvalue weighted by Gasteiger charge is -2.06. The zero-order chi connectivity index (χ0) is 12.7. The van der Waals surface area contributed by atoms with E-state index in [1.54, 1.807) is 12.1 Å². The molecule has 0 amide bonds. The van der Waals surface area contributed by atoms with Crippen LogP contribution in [0, 0.1) is 0 Å². The average molecular weight is 257 g/mol. The molecule has 17 heavy (non-hydrogen) atoms. The normalized spacial score (nSPS) is 11.1. The molecule has 0 fully saturated rings. The van der Waals surface area contributed by atoms with Crippen LogP contribution in [0.25, 0.3) is 0 Å². The molecule has 0 aliphatic carbocycles. The number of ether oxygens (including phenoxy) is 1. The van der Waals surface area contributed by atoms with Crippen LogP contribution in [0.15, 0.2) is 29.2 Å². The molecule has 94 valence electrons.